The third-order valence-corrected chi connectivity index (χ3v) is 8.46. The van der Waals surface area contributed by atoms with Crippen molar-refractivity contribution in [3.05, 3.63) is 60.4 Å². The molecule has 12 heteroatoms. The van der Waals surface area contributed by atoms with Gasteiger partial charge in [0.15, 0.2) is 5.82 Å². The molecule has 43 heavy (non-hydrogen) atoms. The molecule has 0 aliphatic heterocycles. The van der Waals surface area contributed by atoms with Crippen LogP contribution in [0.1, 0.15) is 65.7 Å². The maximum atomic E-state index is 14.0. The Hall–Kier alpha value is -3.50. The first-order valence-corrected chi connectivity index (χ1v) is 16.3. The number of ether oxygens (including phenoxy) is 2. The zero-order valence-corrected chi connectivity index (χ0v) is 26.4. The van der Waals surface area contributed by atoms with Crippen molar-refractivity contribution in [3.8, 4) is 5.75 Å². The summed E-state index contributed by atoms with van der Waals surface area (Å²) in [5.74, 6) is 0.876. The van der Waals surface area contributed by atoms with E-state index in [1.165, 1.54) is 0 Å². The summed E-state index contributed by atoms with van der Waals surface area (Å²) >= 11 is 0. The highest BCUT2D eigenvalue weighted by Crippen LogP contribution is 2.45. The van der Waals surface area contributed by atoms with Crippen LogP contribution in [0.25, 0.3) is 21.9 Å². The average Bonchev–Trinajstić information content (AvgIpc) is 3.36. The van der Waals surface area contributed by atoms with Crippen molar-refractivity contribution in [1.29, 1.82) is 0 Å². The van der Waals surface area contributed by atoms with Crippen LogP contribution in [-0.4, -0.2) is 45.9 Å². The van der Waals surface area contributed by atoms with Crippen molar-refractivity contribution in [2.24, 2.45) is 0 Å². The number of nitrogen functional groups attached to an aromatic ring is 1. The van der Waals surface area contributed by atoms with Gasteiger partial charge in [0, 0.05) is 18.0 Å². The predicted molar refractivity (Wildman–Crippen MR) is 168 cm³/mol. The lowest BCUT2D eigenvalue weighted by atomic mass is 10.1. The molecule has 0 spiro atoms. The fourth-order valence-electron chi connectivity index (χ4n) is 4.94. The number of nitrogens with zero attached hydrogens (tertiary/aromatic N) is 3. The van der Waals surface area contributed by atoms with Crippen LogP contribution in [0.15, 0.2) is 54.6 Å². The van der Waals surface area contributed by atoms with Gasteiger partial charge in [-0.3, -0.25) is 9.32 Å². The van der Waals surface area contributed by atoms with E-state index in [0.29, 0.717) is 36.7 Å². The van der Waals surface area contributed by atoms with Crippen LogP contribution in [0, 0.1) is 0 Å². The van der Waals surface area contributed by atoms with Crippen molar-refractivity contribution < 1.29 is 27.9 Å². The first-order chi connectivity index (χ1) is 20.7. The van der Waals surface area contributed by atoms with E-state index in [9.17, 15) is 9.36 Å². The average molecular weight is 612 g/mol. The summed E-state index contributed by atoms with van der Waals surface area (Å²) in [6.07, 6.45) is 1.83. The second kappa shape index (κ2) is 14.8. The Morgan fingerprint density at radius 3 is 2.44 bits per heavy atom. The molecule has 0 radical (unpaired) electrons. The van der Waals surface area contributed by atoms with E-state index in [1.807, 2.05) is 37.3 Å². The molecule has 0 fully saturated rings. The lowest BCUT2D eigenvalue weighted by Gasteiger charge is -2.25. The highest BCUT2D eigenvalue weighted by molar-refractivity contribution is 7.52. The molecular weight excluding hydrogens is 569 g/mol. The van der Waals surface area contributed by atoms with E-state index in [-0.39, 0.29) is 18.8 Å². The van der Waals surface area contributed by atoms with Crippen molar-refractivity contribution in [1.82, 2.24) is 19.6 Å². The molecule has 0 bridgehead atoms. The molecule has 3 atom stereocenters. The Morgan fingerprint density at radius 2 is 1.74 bits per heavy atom. The van der Waals surface area contributed by atoms with Gasteiger partial charge >= 0.3 is 13.7 Å². The van der Waals surface area contributed by atoms with Crippen molar-refractivity contribution in [2.75, 3.05) is 18.9 Å². The molecule has 2 heterocycles. The number of carbonyl (C=O) groups is 1. The minimum atomic E-state index is -4.00. The van der Waals surface area contributed by atoms with E-state index in [4.69, 9.17) is 29.2 Å². The number of pyridine rings is 1. The van der Waals surface area contributed by atoms with Gasteiger partial charge in [-0.25, -0.2) is 14.5 Å². The number of para-hydroxylation sites is 2. The molecule has 3 N–H and O–H groups in total. The number of fused-ring (bicyclic) bond motifs is 3. The van der Waals surface area contributed by atoms with Gasteiger partial charge in [0.05, 0.1) is 23.7 Å². The van der Waals surface area contributed by atoms with Gasteiger partial charge in [0.1, 0.15) is 29.7 Å². The predicted octanol–water partition coefficient (Wildman–Crippen LogP) is 6.57. The fraction of sp³-hybridized carbons (Fsp3) is 0.452. The first kappa shape index (κ1) is 32.4. The molecule has 2 aromatic carbocycles. The number of nitrogens with one attached hydrogen (secondary N) is 1. The number of benzene rings is 2. The van der Waals surface area contributed by atoms with Crippen molar-refractivity contribution in [2.45, 2.75) is 78.7 Å². The van der Waals surface area contributed by atoms with Gasteiger partial charge in [-0.2, -0.15) is 5.09 Å². The Balaban J connectivity index is 1.65. The number of aromatic nitrogens is 3. The standard InChI is InChI=1S/C31H42N5O6P/c1-6-13-23(36-27(20-39-7-2)34-28-29(36)25-16-11-12-17-26(25)33-30(28)32)18-19-40-43(38,42-24-14-9-8-10-15-24)35-22(5)31(37)41-21(3)4/h8-12,14-17,21-23H,6-7,13,18-20H2,1-5H3,(H2,32,33)(H,35,38)/t22-,23+,43+/m0/s1. The SMILES string of the molecule is CCC[C@H](CCO[P@](=O)(N[C@@H](C)C(=O)OC(C)C)Oc1ccccc1)n1c(COCC)nc2c(N)nc3ccccc3c21. The van der Waals surface area contributed by atoms with E-state index in [0.717, 1.165) is 35.1 Å². The van der Waals surface area contributed by atoms with Crippen LogP contribution in [0.2, 0.25) is 0 Å². The molecule has 0 unspecified atom stereocenters. The number of rotatable bonds is 16. The quantitative estimate of drug-likeness (QED) is 0.106. The minimum absolute atomic E-state index is 0.0694. The van der Waals surface area contributed by atoms with E-state index in [1.54, 1.807) is 45.0 Å². The third kappa shape index (κ3) is 8.12. The molecule has 0 amide bonds. The van der Waals surface area contributed by atoms with Crippen molar-refractivity contribution in [3.63, 3.8) is 0 Å². The largest absolute Gasteiger partial charge is 0.462 e. The van der Waals surface area contributed by atoms with Gasteiger partial charge < -0.3 is 24.3 Å². The normalized spacial score (nSPS) is 14.6. The van der Waals surface area contributed by atoms with Crippen LogP contribution in [0.3, 0.4) is 0 Å². The third-order valence-electron chi connectivity index (χ3n) is 6.79. The molecule has 0 saturated carbocycles. The van der Waals surface area contributed by atoms with Gasteiger partial charge in [0.25, 0.3) is 0 Å². The number of anilines is 1. The molecule has 0 aliphatic carbocycles. The van der Waals surface area contributed by atoms with E-state index >= 15 is 0 Å². The summed E-state index contributed by atoms with van der Waals surface area (Å²) in [5, 5.41) is 3.69. The van der Waals surface area contributed by atoms with Crippen LogP contribution < -0.4 is 15.3 Å². The zero-order valence-electron chi connectivity index (χ0n) is 25.5. The molecule has 232 valence electrons. The number of hydrogen-bond donors (Lipinski definition) is 2. The lowest BCUT2D eigenvalue weighted by Crippen LogP contribution is -2.36. The van der Waals surface area contributed by atoms with Crippen molar-refractivity contribution >= 4 is 41.5 Å². The number of esters is 1. The molecule has 0 saturated heterocycles. The summed E-state index contributed by atoms with van der Waals surface area (Å²) in [6.45, 7) is 10.0. The number of imidazole rings is 1. The van der Waals surface area contributed by atoms with Gasteiger partial charge in [-0.15, -0.1) is 0 Å². The molecule has 0 aliphatic rings. The van der Waals surface area contributed by atoms with Crippen LogP contribution >= 0.6 is 7.75 Å². The summed E-state index contributed by atoms with van der Waals surface area (Å²) < 4.78 is 39.1. The highest BCUT2D eigenvalue weighted by Gasteiger charge is 2.33. The van der Waals surface area contributed by atoms with Crippen LogP contribution in [0.5, 0.6) is 5.75 Å². The van der Waals surface area contributed by atoms with Gasteiger partial charge in [0.2, 0.25) is 0 Å². The Kier molecular flexibility index (Phi) is 11.2. The maximum Gasteiger partial charge on any atom is 0.459 e. The van der Waals surface area contributed by atoms with Crippen LogP contribution in [0.4, 0.5) is 5.82 Å². The topological polar surface area (TPSA) is 140 Å². The molecule has 4 aromatic rings. The molecular formula is C31H42N5O6P. The second-order valence-electron chi connectivity index (χ2n) is 10.5. The summed E-state index contributed by atoms with van der Waals surface area (Å²) in [7, 11) is -4.00. The highest BCUT2D eigenvalue weighted by atomic mass is 31.2. The number of hydrogen-bond acceptors (Lipinski definition) is 9. The maximum absolute atomic E-state index is 14.0. The first-order valence-electron chi connectivity index (χ1n) is 14.8. The Morgan fingerprint density at radius 1 is 1.02 bits per heavy atom. The van der Waals surface area contributed by atoms with E-state index in [2.05, 4.69) is 21.6 Å². The van der Waals surface area contributed by atoms with Crippen LogP contribution in [-0.2, 0) is 30.0 Å². The summed E-state index contributed by atoms with van der Waals surface area (Å²) in [6, 6.07) is 15.5. The zero-order chi connectivity index (χ0) is 31.0. The number of carbonyl (C=O) groups excluding carboxylic acids is 1. The Bertz CT molecular complexity index is 1560. The summed E-state index contributed by atoms with van der Waals surface area (Å²) in [4.78, 5) is 22.0. The minimum Gasteiger partial charge on any atom is -0.462 e. The smallest absolute Gasteiger partial charge is 0.459 e. The lowest BCUT2D eigenvalue weighted by molar-refractivity contribution is -0.149. The molecule has 2 aromatic heterocycles. The fourth-order valence-corrected chi connectivity index (χ4v) is 6.44. The van der Waals surface area contributed by atoms with E-state index < -0.39 is 19.8 Å². The van der Waals surface area contributed by atoms with Gasteiger partial charge in [-0.05, 0) is 58.7 Å². The second-order valence-corrected chi connectivity index (χ2v) is 12.2. The molecule has 11 nitrogen and oxygen atoms in total. The molecule has 4 rings (SSSR count). The van der Waals surface area contributed by atoms with Gasteiger partial charge in [-0.1, -0.05) is 49.7 Å². The number of nitrogens with two attached hydrogens (primary N) is 1. The summed E-state index contributed by atoms with van der Waals surface area (Å²) in [5.41, 5.74) is 8.66. The monoisotopic (exact) mass is 611 g/mol. The Labute approximate surface area is 252 Å².